The molecule has 8 nitrogen and oxygen atoms in total. The molecule has 0 radical (unpaired) electrons. The second-order valence-electron chi connectivity index (χ2n) is 4.11. The number of nitrogens with two attached hydrogens (primary N) is 1. The zero-order chi connectivity index (χ0) is 15.6. The molecule has 0 spiro atoms. The van der Waals surface area contributed by atoms with Crippen molar-refractivity contribution in [3.63, 3.8) is 0 Å². The lowest BCUT2D eigenvalue weighted by Crippen LogP contribution is -2.17. The topological polar surface area (TPSA) is 125 Å². The molecule has 0 aliphatic rings. The summed E-state index contributed by atoms with van der Waals surface area (Å²) >= 11 is 0. The van der Waals surface area contributed by atoms with Crippen LogP contribution < -0.4 is 10.5 Å². The van der Waals surface area contributed by atoms with E-state index in [0.29, 0.717) is 11.3 Å². The molecule has 21 heavy (non-hydrogen) atoms. The Morgan fingerprint density at radius 1 is 1.33 bits per heavy atom. The first-order valence-corrected chi connectivity index (χ1v) is 5.78. The zero-order valence-electron chi connectivity index (χ0n) is 10.9. The summed E-state index contributed by atoms with van der Waals surface area (Å²) in [5.74, 6) is -1.93. The smallest absolute Gasteiger partial charge is 0.339 e. The first-order valence-electron chi connectivity index (χ1n) is 5.78. The van der Waals surface area contributed by atoms with E-state index in [9.17, 15) is 14.4 Å². The molecule has 0 aliphatic heterocycles. The van der Waals surface area contributed by atoms with Gasteiger partial charge in [0.05, 0.1) is 5.69 Å². The third-order valence-corrected chi connectivity index (χ3v) is 2.60. The fraction of sp³-hybridized carbons (Fsp3) is 0.0769. The lowest BCUT2D eigenvalue weighted by Gasteiger charge is -2.07. The molecule has 0 bridgehead atoms. The van der Waals surface area contributed by atoms with E-state index in [4.69, 9.17) is 15.6 Å². The van der Waals surface area contributed by atoms with Crippen molar-refractivity contribution in [3.8, 4) is 17.0 Å². The number of imidazole rings is 1. The summed E-state index contributed by atoms with van der Waals surface area (Å²) in [6.45, 7) is 1.17. The molecule has 8 heteroatoms. The summed E-state index contributed by atoms with van der Waals surface area (Å²) in [7, 11) is 0. The molecular weight excluding hydrogens is 278 g/mol. The Balaban J connectivity index is 2.45. The Morgan fingerprint density at radius 3 is 2.57 bits per heavy atom. The fourth-order valence-electron chi connectivity index (χ4n) is 1.69. The number of aromatic carboxylic acids is 1. The van der Waals surface area contributed by atoms with Crippen molar-refractivity contribution >= 4 is 18.0 Å². The number of carboxylic acids is 1. The van der Waals surface area contributed by atoms with Gasteiger partial charge in [-0.15, -0.1) is 0 Å². The zero-order valence-corrected chi connectivity index (χ0v) is 10.9. The molecule has 0 aliphatic carbocycles. The summed E-state index contributed by atoms with van der Waals surface area (Å²) in [4.78, 5) is 37.1. The Labute approximate surface area is 118 Å². The summed E-state index contributed by atoms with van der Waals surface area (Å²) < 4.78 is 5.89. The third-order valence-electron chi connectivity index (χ3n) is 2.60. The van der Waals surface area contributed by atoms with Gasteiger partial charge in [0.25, 0.3) is 0 Å². The van der Waals surface area contributed by atoms with E-state index in [1.54, 1.807) is 0 Å². The molecular formula is C13H11N3O5. The van der Waals surface area contributed by atoms with Crippen molar-refractivity contribution in [2.24, 2.45) is 5.73 Å². The number of esters is 1. The molecule has 2 rings (SSSR count). The van der Waals surface area contributed by atoms with Gasteiger partial charge in [-0.1, -0.05) is 0 Å². The van der Waals surface area contributed by atoms with Crippen LogP contribution in [-0.2, 0) is 4.79 Å². The number of ether oxygens (including phenoxy) is 1. The van der Waals surface area contributed by atoms with Crippen LogP contribution in [0.25, 0.3) is 11.3 Å². The monoisotopic (exact) mass is 289 g/mol. The quantitative estimate of drug-likeness (QED) is 0.644. The number of carbonyl (C=O) groups excluding carboxylic acids is 2. The predicted molar refractivity (Wildman–Crippen MR) is 70.9 cm³/mol. The number of aromatic nitrogens is 2. The highest BCUT2D eigenvalue weighted by molar-refractivity contribution is 5.93. The maximum absolute atomic E-state index is 11.2. The summed E-state index contributed by atoms with van der Waals surface area (Å²) in [5, 5.41) is 9.15. The van der Waals surface area contributed by atoms with Gasteiger partial charge in [0.15, 0.2) is 0 Å². The van der Waals surface area contributed by atoms with Gasteiger partial charge in [-0.25, -0.2) is 14.6 Å². The highest BCUT2D eigenvalue weighted by atomic mass is 16.5. The van der Waals surface area contributed by atoms with Gasteiger partial charge in [-0.2, -0.15) is 0 Å². The average molecular weight is 289 g/mol. The molecule has 3 N–H and O–H groups in total. The van der Waals surface area contributed by atoms with Gasteiger partial charge in [0.2, 0.25) is 0 Å². The minimum atomic E-state index is -1.25. The molecule has 0 saturated heterocycles. The van der Waals surface area contributed by atoms with Gasteiger partial charge in [0, 0.05) is 18.7 Å². The molecule has 0 unspecified atom stereocenters. The lowest BCUT2D eigenvalue weighted by atomic mass is 10.1. The second-order valence-corrected chi connectivity index (χ2v) is 4.11. The van der Waals surface area contributed by atoms with Crippen molar-refractivity contribution in [3.05, 3.63) is 36.3 Å². The maximum atomic E-state index is 11.2. The molecule has 1 amide bonds. The van der Waals surface area contributed by atoms with E-state index >= 15 is 0 Å². The highest BCUT2D eigenvalue weighted by Crippen LogP contribution is 2.26. The normalized spacial score (nSPS) is 10.1. The SMILES string of the molecule is CC(=O)Oc1ccc(-c2cn(C(N)=O)cn2)cc1C(=O)O. The number of amides is 1. The Kier molecular flexibility index (Phi) is 3.70. The van der Waals surface area contributed by atoms with E-state index in [0.717, 1.165) is 4.57 Å². The van der Waals surface area contributed by atoms with E-state index in [1.807, 2.05) is 0 Å². The first kappa shape index (κ1) is 14.3. The van der Waals surface area contributed by atoms with Crippen LogP contribution in [0, 0.1) is 0 Å². The molecule has 1 aromatic carbocycles. The largest absolute Gasteiger partial charge is 0.478 e. The van der Waals surface area contributed by atoms with Crippen LogP contribution in [0.4, 0.5) is 4.79 Å². The standard InChI is InChI=1S/C13H11N3O5/c1-7(17)21-11-3-2-8(4-9(11)12(18)19)10-5-16(6-15-10)13(14)20/h2-6H,1H3,(H2,14,20)(H,18,19). The molecule has 0 fully saturated rings. The minimum Gasteiger partial charge on any atom is -0.478 e. The number of benzene rings is 1. The highest BCUT2D eigenvalue weighted by Gasteiger charge is 2.15. The van der Waals surface area contributed by atoms with E-state index in [2.05, 4.69) is 4.98 Å². The Hall–Kier alpha value is -3.16. The molecule has 108 valence electrons. The molecule has 0 saturated carbocycles. The average Bonchev–Trinajstić information content (AvgIpc) is 2.88. The molecule has 0 atom stereocenters. The maximum Gasteiger partial charge on any atom is 0.339 e. The second kappa shape index (κ2) is 5.45. The van der Waals surface area contributed by atoms with Gasteiger partial charge < -0.3 is 15.6 Å². The number of carboxylic acid groups (broad SMARTS) is 1. The summed E-state index contributed by atoms with van der Waals surface area (Å²) in [6.07, 6.45) is 2.59. The first-order chi connectivity index (χ1) is 9.88. The van der Waals surface area contributed by atoms with Crippen LogP contribution in [0.2, 0.25) is 0 Å². The van der Waals surface area contributed by atoms with Crippen LogP contribution in [0.1, 0.15) is 17.3 Å². The minimum absolute atomic E-state index is 0.0620. The van der Waals surface area contributed by atoms with Crippen LogP contribution in [0.5, 0.6) is 5.75 Å². The fourth-order valence-corrected chi connectivity index (χ4v) is 1.69. The predicted octanol–water partition coefficient (Wildman–Crippen LogP) is 1.10. The third kappa shape index (κ3) is 3.06. The molecule has 1 aromatic heterocycles. The van der Waals surface area contributed by atoms with Gasteiger partial charge in [-0.05, 0) is 18.2 Å². The number of nitrogens with zero attached hydrogens (tertiary/aromatic N) is 2. The van der Waals surface area contributed by atoms with Gasteiger partial charge in [-0.3, -0.25) is 9.36 Å². The molecule has 1 heterocycles. The summed E-state index contributed by atoms with van der Waals surface area (Å²) in [5.41, 5.74) is 5.72. The number of hydrogen-bond acceptors (Lipinski definition) is 5. The van der Waals surface area contributed by atoms with Crippen molar-refractivity contribution in [2.75, 3.05) is 0 Å². The van der Waals surface area contributed by atoms with E-state index in [1.165, 1.54) is 37.6 Å². The van der Waals surface area contributed by atoms with Crippen LogP contribution in [-0.4, -0.2) is 32.6 Å². The lowest BCUT2D eigenvalue weighted by molar-refractivity contribution is -0.131. The van der Waals surface area contributed by atoms with Gasteiger partial charge in [0.1, 0.15) is 17.6 Å². The molecule has 2 aromatic rings. The van der Waals surface area contributed by atoms with Crippen LogP contribution >= 0.6 is 0 Å². The number of carbonyl (C=O) groups is 3. The van der Waals surface area contributed by atoms with Crippen LogP contribution in [0.15, 0.2) is 30.7 Å². The van der Waals surface area contributed by atoms with Crippen molar-refractivity contribution in [1.82, 2.24) is 9.55 Å². The van der Waals surface area contributed by atoms with Gasteiger partial charge >= 0.3 is 18.0 Å². The van der Waals surface area contributed by atoms with Crippen LogP contribution in [0.3, 0.4) is 0 Å². The summed E-state index contributed by atoms with van der Waals surface area (Å²) in [6, 6.07) is 3.47. The number of primary amides is 1. The van der Waals surface area contributed by atoms with Crippen molar-refractivity contribution < 1.29 is 24.2 Å². The Morgan fingerprint density at radius 2 is 2.05 bits per heavy atom. The van der Waals surface area contributed by atoms with Crippen molar-refractivity contribution in [1.29, 1.82) is 0 Å². The number of rotatable bonds is 3. The van der Waals surface area contributed by atoms with Crippen molar-refractivity contribution in [2.45, 2.75) is 6.92 Å². The Bertz CT molecular complexity index is 735. The van der Waals surface area contributed by atoms with E-state index < -0.39 is 18.0 Å². The van der Waals surface area contributed by atoms with E-state index in [-0.39, 0.29) is 11.3 Å². The number of hydrogen-bond donors (Lipinski definition) is 2.